The number of amides is 1. The third-order valence-electron chi connectivity index (χ3n) is 20.9. The summed E-state index contributed by atoms with van der Waals surface area (Å²) >= 11 is 22.2. The molecule has 18 aromatic rings. The van der Waals surface area contributed by atoms with Crippen LogP contribution >= 0.6 is 71.0 Å². The van der Waals surface area contributed by atoms with E-state index in [0.717, 1.165) is 95.0 Å². The molecule has 49 heteroatoms. The zero-order valence-corrected chi connectivity index (χ0v) is 80.4. The van der Waals surface area contributed by atoms with Gasteiger partial charge in [-0.25, -0.2) is 113 Å². The lowest BCUT2D eigenvalue weighted by Crippen LogP contribution is -2.07. The van der Waals surface area contributed by atoms with Crippen LogP contribution in [-0.4, -0.2) is 175 Å². The molecule has 39 nitrogen and oxygen atoms in total. The number of nitrogens with one attached hydrogen (secondary N) is 1. The number of nitro groups is 2. The fraction of sp³-hybridized carbons (Fsp3) is 0.152. The molecule has 141 heavy (non-hydrogen) atoms. The highest BCUT2D eigenvalue weighted by Gasteiger charge is 2.28. The van der Waals surface area contributed by atoms with Gasteiger partial charge in [-0.05, 0) is 164 Å². The molecule has 0 fully saturated rings. The third-order valence-corrected chi connectivity index (χ3v) is 22.9. The van der Waals surface area contributed by atoms with E-state index >= 15 is 0 Å². The van der Waals surface area contributed by atoms with Gasteiger partial charge in [0.1, 0.15) is 50.0 Å². The molecule has 18 rings (SSSR count). The Morgan fingerprint density at radius 3 is 1.14 bits per heavy atom. The molecule has 0 atom stereocenters. The lowest BCUT2D eigenvalue weighted by Gasteiger charge is -2.07. The van der Waals surface area contributed by atoms with Gasteiger partial charge in [-0.1, -0.05) is 109 Å². The summed E-state index contributed by atoms with van der Waals surface area (Å²) in [6, 6.07) is 38.2. The van der Waals surface area contributed by atoms with Gasteiger partial charge >= 0.3 is 35.8 Å². The molecule has 0 spiro atoms. The second kappa shape index (κ2) is 43.2. The maximum Gasteiger partial charge on any atom is 0.354 e. The van der Waals surface area contributed by atoms with Crippen molar-refractivity contribution in [2.45, 2.75) is 93.9 Å². The van der Waals surface area contributed by atoms with Crippen LogP contribution in [0.1, 0.15) is 151 Å². The summed E-state index contributed by atoms with van der Waals surface area (Å²) < 4.78 is 82.0. The highest BCUT2D eigenvalue weighted by atomic mass is 79.9. The van der Waals surface area contributed by atoms with E-state index in [-0.39, 0.29) is 94.6 Å². The van der Waals surface area contributed by atoms with Gasteiger partial charge in [0, 0.05) is 126 Å². The number of hydrogen-bond acceptors (Lipinski definition) is 24. The van der Waals surface area contributed by atoms with Gasteiger partial charge in [-0.3, -0.25) is 25.0 Å². The van der Waals surface area contributed by atoms with Crippen molar-refractivity contribution in [1.29, 1.82) is 0 Å². The SMILES string of the molecule is CCc1cc(C(=O)O)nc2c(Cl)c(-c3ccc([N+](=O)[O-])cc3F)nn12.CCc1cc(C(=O)O)nc2c(F)c(-c3ccc([N+](=O)[O-])cc3F)nn12.CCc1cc(C(=O)O)nc2cc(-c3c(F)cc(Br)cc3F)nn12.CCc1cc(C(=O)O)nc2cc(-c3ccc(Br)cc3Cl)nn12.CCc1cc(C(=O)O)nc2cc(-c3ccc(Br)nc3)nn12.CCc1cc(C(=O)O)nc2cc(-c3ccc(NC(C)=O)cc3C)nn12. The molecule has 0 saturated carbocycles. The van der Waals surface area contributed by atoms with Crippen molar-refractivity contribution >= 4 is 164 Å². The lowest BCUT2D eigenvalue weighted by molar-refractivity contribution is -0.385. The Morgan fingerprint density at radius 1 is 0.390 bits per heavy atom. The number of aryl methyl sites for hydroxylation is 7. The van der Waals surface area contributed by atoms with Gasteiger partial charge in [0.05, 0.1) is 49.6 Å². The first-order chi connectivity index (χ1) is 67.0. The lowest BCUT2D eigenvalue weighted by atomic mass is 10.1. The number of halogens is 10. The van der Waals surface area contributed by atoms with Crippen molar-refractivity contribution in [3.05, 3.63) is 311 Å². The Hall–Kier alpha value is -16.3. The fourth-order valence-corrected chi connectivity index (χ4v) is 15.8. The van der Waals surface area contributed by atoms with Crippen LogP contribution in [0.3, 0.4) is 0 Å². The summed E-state index contributed by atoms with van der Waals surface area (Å²) in [6.45, 7) is 14.5. The molecule has 1 amide bonds. The number of carbonyl (C=O) groups is 7. The van der Waals surface area contributed by atoms with Gasteiger partial charge in [0.15, 0.2) is 73.9 Å². The molecule has 5 aromatic carbocycles. The number of carboxylic acid groups (broad SMARTS) is 6. The summed E-state index contributed by atoms with van der Waals surface area (Å²) in [6.07, 6.45) is 4.93. The van der Waals surface area contributed by atoms with Crippen LogP contribution < -0.4 is 5.32 Å². The minimum absolute atomic E-state index is 0.00790. The van der Waals surface area contributed by atoms with Gasteiger partial charge in [0.25, 0.3) is 11.4 Å². The molecule has 0 bridgehead atoms. The van der Waals surface area contributed by atoms with E-state index in [9.17, 15) is 80.8 Å². The normalized spacial score (nSPS) is 11.0. The first-order valence-corrected chi connectivity index (χ1v) is 44.8. The third kappa shape index (κ3) is 22.5. The first-order valence-electron chi connectivity index (χ1n) is 41.7. The van der Waals surface area contributed by atoms with Crippen molar-refractivity contribution < 1.29 is 96.0 Å². The fourth-order valence-electron chi connectivity index (χ4n) is 14.2. The average molecular weight is 2160 g/mol. The quantitative estimate of drug-likeness (QED) is 0.0152. The highest BCUT2D eigenvalue weighted by molar-refractivity contribution is 9.11. The maximum absolute atomic E-state index is 14.7. The predicted octanol–water partition coefficient (Wildman–Crippen LogP) is 19.7. The van der Waals surface area contributed by atoms with Crippen LogP contribution in [0, 0.1) is 56.2 Å². The predicted molar refractivity (Wildman–Crippen MR) is 512 cm³/mol. The topological polar surface area (TPSA) is 533 Å². The highest BCUT2D eigenvalue weighted by Crippen LogP contribution is 2.38. The Kier molecular flexibility index (Phi) is 31.3. The Morgan fingerprint density at radius 2 is 0.752 bits per heavy atom. The Bertz CT molecular complexity index is 7960. The molecule has 13 aromatic heterocycles. The smallest absolute Gasteiger partial charge is 0.354 e. The number of nitro benzene ring substituents is 2. The number of non-ortho nitro benzene ring substituents is 2. The molecule has 0 aliphatic carbocycles. The summed E-state index contributed by atoms with van der Waals surface area (Å²) in [7, 11) is 0. The Balaban J connectivity index is 0.000000142. The number of fused-ring (bicyclic) bond motifs is 6. The van der Waals surface area contributed by atoms with Crippen molar-refractivity contribution in [1.82, 2.24) is 92.6 Å². The second-order valence-corrected chi connectivity index (χ2v) is 33.5. The average Bonchev–Trinajstić information content (AvgIpc) is 1.62. The molecule has 720 valence electrons. The summed E-state index contributed by atoms with van der Waals surface area (Å²) in [5.74, 6) is -11.4. The number of anilines is 1. The van der Waals surface area contributed by atoms with Crippen LogP contribution in [0.5, 0.6) is 0 Å². The van der Waals surface area contributed by atoms with E-state index in [4.69, 9.17) is 48.7 Å². The molecule has 0 aliphatic heterocycles. The summed E-state index contributed by atoms with van der Waals surface area (Å²) in [5.41, 5.74) is 9.07. The number of hydrogen-bond donors (Lipinski definition) is 7. The Labute approximate surface area is 824 Å². The second-order valence-electron chi connectivity index (χ2n) is 30.0. The molecule has 0 radical (unpaired) electrons. The van der Waals surface area contributed by atoms with Crippen LogP contribution in [0.2, 0.25) is 10.0 Å². The largest absolute Gasteiger partial charge is 0.477 e. The number of carboxylic acids is 6. The number of benzene rings is 5. The van der Waals surface area contributed by atoms with Crippen molar-refractivity contribution in [2.75, 3.05) is 5.32 Å². The van der Waals surface area contributed by atoms with Crippen LogP contribution in [0.4, 0.5) is 39.0 Å². The monoisotopic (exact) mass is 2160 g/mol. The summed E-state index contributed by atoms with van der Waals surface area (Å²) in [5, 5.41) is 105. The van der Waals surface area contributed by atoms with Crippen molar-refractivity contribution in [2.24, 2.45) is 0 Å². The number of aromatic carboxylic acids is 6. The molecule has 0 saturated heterocycles. The van der Waals surface area contributed by atoms with Gasteiger partial charge < -0.3 is 36.0 Å². The molecule has 13 heterocycles. The minimum Gasteiger partial charge on any atom is -0.477 e. The molecule has 0 unspecified atom stereocenters. The van der Waals surface area contributed by atoms with Gasteiger partial charge in [0.2, 0.25) is 5.91 Å². The standard InChI is InChI=1S/C18H18N4O3.C15H11BrClN3O2.C15H10BrF2N3O2.C15H10ClFN4O4.C15H10F2N4O4.C14H11BrN4O2/c1-4-13-8-16(18(24)25)20-17-9-15(21-22(13)17)14-6-5-12(7-10(14)2)19-11(3)23;1-2-9-6-13(15(21)22)18-14-7-12(19-20(9)14)10-4-3-8(16)5-11(10)17;1-2-8-5-12(15(22)23)19-13-6-11(20-21(8)13)14-9(17)3-7(16)4-10(14)18;1-2-7-6-11(15(22)23)18-14-12(16)13(19-20(7)14)9-4-3-8(21(24)25)5-10(9)17;1-2-7-6-11(15(22)23)18-14-12(17)13(19-20(7)14)9-4-3-8(21(24)25)5-10(9)16;1-2-9-5-11(14(20)21)17-13-6-10(18-19(9)13)8-3-4-12(15)16-7-8/h5-9H,4H2,1-3H3,(H,19,23)(H,24,25);3-7H,2H2,1H3,(H,21,22);3-6H,2H2,1H3,(H,22,23);2*3-6H,2H2,1H3,(H,22,23);3-7H,2H2,1H3,(H,20,21). The molecule has 7 N–H and O–H groups in total. The molecular formula is C92H70Br3Cl2F5N22O17. The first kappa shape index (κ1) is 102. The van der Waals surface area contributed by atoms with E-state index in [2.05, 4.69) is 119 Å². The van der Waals surface area contributed by atoms with E-state index in [0.29, 0.717) is 101 Å². The zero-order valence-electron chi connectivity index (χ0n) is 74.2. The number of pyridine rings is 1. The van der Waals surface area contributed by atoms with Gasteiger partial charge in [-0.15, -0.1) is 0 Å². The zero-order chi connectivity index (χ0) is 102. The summed E-state index contributed by atoms with van der Waals surface area (Å²) in [4.78, 5) is 126. The van der Waals surface area contributed by atoms with E-state index in [1.807, 2.05) is 77.1 Å². The maximum atomic E-state index is 14.7. The molecule has 0 aliphatic rings. The van der Waals surface area contributed by atoms with Gasteiger partial charge in [-0.2, -0.15) is 30.6 Å². The van der Waals surface area contributed by atoms with E-state index in [1.165, 1.54) is 52.4 Å². The number of aromatic nitrogens is 19. The van der Waals surface area contributed by atoms with Crippen LogP contribution in [0.25, 0.3) is 101 Å². The van der Waals surface area contributed by atoms with E-state index < -0.39 is 91.8 Å². The van der Waals surface area contributed by atoms with Crippen molar-refractivity contribution in [3.8, 4) is 67.5 Å². The van der Waals surface area contributed by atoms with Crippen molar-refractivity contribution in [3.63, 3.8) is 0 Å². The van der Waals surface area contributed by atoms with Crippen LogP contribution in [0.15, 0.2) is 177 Å². The van der Waals surface area contributed by atoms with E-state index in [1.54, 1.807) is 70.0 Å². The number of rotatable bonds is 21. The minimum atomic E-state index is -1.33. The molecular weight excluding hydrogens is 2090 g/mol. The number of carbonyl (C=O) groups excluding carboxylic acids is 1. The van der Waals surface area contributed by atoms with Crippen LogP contribution in [-0.2, 0) is 43.3 Å². The number of nitrogens with zero attached hydrogens (tertiary/aromatic N) is 21.